The number of nitrogens with zero attached hydrogens (tertiary/aromatic N) is 1. The van der Waals surface area contributed by atoms with E-state index in [0.717, 1.165) is 25.7 Å². The van der Waals surface area contributed by atoms with Gasteiger partial charge in [0.05, 0.1) is 6.61 Å². The molecule has 0 aliphatic heterocycles. The largest absolute Gasteiger partial charge is 0.490 e. The van der Waals surface area contributed by atoms with Crippen LogP contribution in [0.1, 0.15) is 38.2 Å². The Labute approximate surface area is 162 Å². The van der Waals surface area contributed by atoms with Crippen LogP contribution in [0, 0.1) is 11.3 Å². The van der Waals surface area contributed by atoms with Crippen molar-refractivity contribution in [3.63, 3.8) is 0 Å². The van der Waals surface area contributed by atoms with Gasteiger partial charge in [0.25, 0.3) is 5.91 Å². The van der Waals surface area contributed by atoms with Gasteiger partial charge < -0.3 is 14.8 Å². The van der Waals surface area contributed by atoms with E-state index in [1.165, 1.54) is 0 Å². The second kappa shape index (κ2) is 10.0. The molecule has 1 aliphatic rings. The predicted octanol–water partition coefficient (Wildman–Crippen LogP) is 4.38. The number of carbonyl (C=O) groups is 1. The predicted molar refractivity (Wildman–Crippen MR) is 105 cm³/mol. The van der Waals surface area contributed by atoms with E-state index in [4.69, 9.17) is 9.47 Å². The van der Waals surface area contributed by atoms with Crippen molar-refractivity contribution in [3.8, 4) is 17.6 Å². The lowest BCUT2D eigenvalue weighted by Gasteiger charge is -2.14. The number of amides is 1. The Hall–Kier alpha value is -2.26. The van der Waals surface area contributed by atoms with Crippen molar-refractivity contribution < 1.29 is 14.3 Å². The SMILES string of the molecule is C=CCOc1cc(Br)c(/C=C(/C#N)C(=O)NC2CCCC2)cc1OCC. The second-order valence-corrected chi connectivity index (χ2v) is 6.83. The lowest BCUT2D eigenvalue weighted by molar-refractivity contribution is -0.117. The fourth-order valence-corrected chi connectivity index (χ4v) is 3.27. The summed E-state index contributed by atoms with van der Waals surface area (Å²) in [6.07, 6.45) is 7.39. The molecule has 26 heavy (non-hydrogen) atoms. The number of hydrogen-bond acceptors (Lipinski definition) is 4. The minimum absolute atomic E-state index is 0.0693. The molecule has 1 aliphatic carbocycles. The minimum Gasteiger partial charge on any atom is -0.490 e. The van der Waals surface area contributed by atoms with E-state index in [1.54, 1.807) is 24.3 Å². The molecule has 1 saturated carbocycles. The number of ether oxygens (including phenoxy) is 2. The van der Waals surface area contributed by atoms with Crippen LogP contribution in [0.25, 0.3) is 6.08 Å². The van der Waals surface area contributed by atoms with Gasteiger partial charge in [0.15, 0.2) is 11.5 Å². The molecule has 1 aromatic rings. The number of carbonyl (C=O) groups excluding carboxylic acids is 1. The van der Waals surface area contributed by atoms with Crippen LogP contribution < -0.4 is 14.8 Å². The van der Waals surface area contributed by atoms with Crippen LogP contribution >= 0.6 is 15.9 Å². The highest BCUT2D eigenvalue weighted by Crippen LogP contribution is 2.35. The maximum absolute atomic E-state index is 12.4. The zero-order chi connectivity index (χ0) is 18.9. The molecular weight excluding hydrogens is 396 g/mol. The summed E-state index contributed by atoms with van der Waals surface area (Å²) < 4.78 is 11.9. The van der Waals surface area contributed by atoms with E-state index < -0.39 is 0 Å². The van der Waals surface area contributed by atoms with Crippen LogP contribution in [0.2, 0.25) is 0 Å². The highest BCUT2D eigenvalue weighted by Gasteiger charge is 2.20. The Bertz CT molecular complexity index is 731. The average molecular weight is 419 g/mol. The molecule has 0 bridgehead atoms. The molecule has 0 aromatic heterocycles. The number of halogens is 1. The van der Waals surface area contributed by atoms with Gasteiger partial charge in [-0.1, -0.05) is 41.4 Å². The molecule has 138 valence electrons. The quantitative estimate of drug-likeness (QED) is 0.386. The van der Waals surface area contributed by atoms with Gasteiger partial charge in [0.1, 0.15) is 18.2 Å². The molecule has 1 amide bonds. The molecule has 0 heterocycles. The smallest absolute Gasteiger partial charge is 0.262 e. The summed E-state index contributed by atoms with van der Waals surface area (Å²) in [6.45, 7) is 6.35. The molecule has 0 unspecified atom stereocenters. The van der Waals surface area contributed by atoms with Crippen molar-refractivity contribution in [2.45, 2.75) is 38.6 Å². The third-order valence-corrected chi connectivity index (χ3v) is 4.76. The molecule has 0 radical (unpaired) electrons. The lowest BCUT2D eigenvalue weighted by Crippen LogP contribution is -2.33. The Morgan fingerprint density at radius 3 is 2.69 bits per heavy atom. The van der Waals surface area contributed by atoms with Gasteiger partial charge >= 0.3 is 0 Å². The summed E-state index contributed by atoms with van der Waals surface area (Å²) in [5.74, 6) is 0.790. The van der Waals surface area contributed by atoms with Crippen molar-refractivity contribution in [1.82, 2.24) is 5.32 Å². The summed E-state index contributed by atoms with van der Waals surface area (Å²) in [4.78, 5) is 12.4. The average Bonchev–Trinajstić information content (AvgIpc) is 3.13. The number of hydrogen-bond donors (Lipinski definition) is 1. The van der Waals surface area contributed by atoms with Crippen LogP contribution in [-0.2, 0) is 4.79 Å². The molecular formula is C20H23BrN2O3. The summed E-state index contributed by atoms with van der Waals surface area (Å²) in [6, 6.07) is 5.68. The Kier molecular flexibility index (Phi) is 7.73. The van der Waals surface area contributed by atoms with E-state index in [2.05, 4.69) is 27.8 Å². The van der Waals surface area contributed by atoms with Crippen molar-refractivity contribution in [1.29, 1.82) is 5.26 Å². The number of nitrogens with one attached hydrogen (secondary N) is 1. The third-order valence-electron chi connectivity index (χ3n) is 4.07. The number of benzene rings is 1. The molecule has 5 nitrogen and oxygen atoms in total. The van der Waals surface area contributed by atoms with E-state index in [1.807, 2.05) is 13.0 Å². The van der Waals surface area contributed by atoms with Crippen molar-refractivity contribution in [2.24, 2.45) is 0 Å². The van der Waals surface area contributed by atoms with Crippen LogP contribution in [0.15, 0.2) is 34.8 Å². The number of rotatable bonds is 8. The second-order valence-electron chi connectivity index (χ2n) is 5.98. The van der Waals surface area contributed by atoms with Crippen LogP contribution in [-0.4, -0.2) is 25.2 Å². The first-order chi connectivity index (χ1) is 12.6. The maximum atomic E-state index is 12.4. The first kappa shape index (κ1) is 20.1. The third kappa shape index (κ3) is 5.37. The molecule has 6 heteroatoms. The zero-order valence-corrected chi connectivity index (χ0v) is 16.5. The highest BCUT2D eigenvalue weighted by atomic mass is 79.9. The first-order valence-electron chi connectivity index (χ1n) is 8.71. The Balaban J connectivity index is 2.27. The molecule has 1 aromatic carbocycles. The molecule has 0 spiro atoms. The van der Waals surface area contributed by atoms with Crippen molar-refractivity contribution in [3.05, 3.63) is 40.4 Å². The van der Waals surface area contributed by atoms with Crippen molar-refractivity contribution in [2.75, 3.05) is 13.2 Å². The summed E-state index contributed by atoms with van der Waals surface area (Å²) in [5, 5.41) is 12.3. The monoisotopic (exact) mass is 418 g/mol. The van der Waals surface area contributed by atoms with Crippen LogP contribution in [0.4, 0.5) is 0 Å². The topological polar surface area (TPSA) is 71.3 Å². The van der Waals surface area contributed by atoms with Crippen molar-refractivity contribution >= 4 is 27.9 Å². The lowest BCUT2D eigenvalue weighted by atomic mass is 10.1. The minimum atomic E-state index is -0.337. The van der Waals surface area contributed by atoms with Gasteiger partial charge in [0.2, 0.25) is 0 Å². The maximum Gasteiger partial charge on any atom is 0.262 e. The van der Waals surface area contributed by atoms with Gasteiger partial charge in [-0.2, -0.15) is 5.26 Å². The standard InChI is InChI=1S/C20H23BrN2O3/c1-3-9-26-19-12-17(21)14(11-18(19)25-4-2)10-15(13-22)20(24)23-16-7-5-6-8-16/h3,10-12,16H,1,4-9H2,2H3,(H,23,24)/b15-10-. The van der Waals surface area contributed by atoms with Gasteiger partial charge in [-0.15, -0.1) is 0 Å². The first-order valence-corrected chi connectivity index (χ1v) is 9.51. The molecule has 1 N–H and O–H groups in total. The molecule has 0 atom stereocenters. The van der Waals surface area contributed by atoms with E-state index in [-0.39, 0.29) is 17.5 Å². The summed E-state index contributed by atoms with van der Waals surface area (Å²) in [7, 11) is 0. The number of nitriles is 1. The summed E-state index contributed by atoms with van der Waals surface area (Å²) >= 11 is 3.47. The summed E-state index contributed by atoms with van der Waals surface area (Å²) in [5.41, 5.74) is 0.748. The van der Waals surface area contributed by atoms with E-state index in [0.29, 0.717) is 34.7 Å². The van der Waals surface area contributed by atoms with Gasteiger partial charge in [-0.05, 0) is 43.5 Å². The molecule has 1 fully saturated rings. The van der Waals surface area contributed by atoms with Gasteiger partial charge in [0, 0.05) is 10.5 Å². The normalized spacial score (nSPS) is 14.6. The van der Waals surface area contributed by atoms with Gasteiger partial charge in [-0.3, -0.25) is 4.79 Å². The van der Waals surface area contributed by atoms with Crippen LogP contribution in [0.3, 0.4) is 0 Å². The Morgan fingerprint density at radius 1 is 1.38 bits per heavy atom. The molecule has 0 saturated heterocycles. The van der Waals surface area contributed by atoms with Crippen LogP contribution in [0.5, 0.6) is 11.5 Å². The Morgan fingerprint density at radius 2 is 2.08 bits per heavy atom. The molecule has 2 rings (SSSR count). The van der Waals surface area contributed by atoms with E-state index in [9.17, 15) is 10.1 Å². The van der Waals surface area contributed by atoms with E-state index >= 15 is 0 Å². The van der Waals surface area contributed by atoms with Gasteiger partial charge in [-0.25, -0.2) is 0 Å². The highest BCUT2D eigenvalue weighted by molar-refractivity contribution is 9.10. The fourth-order valence-electron chi connectivity index (χ4n) is 2.83. The fraction of sp³-hybridized carbons (Fsp3) is 0.400. The zero-order valence-electron chi connectivity index (χ0n) is 14.9.